The molecule has 1 N–H and O–H groups in total. The van der Waals surface area contributed by atoms with E-state index in [9.17, 15) is 24.1 Å². The number of hydrogen-bond donors (Lipinski definition) is 1. The number of hydrogen-bond acceptors (Lipinski definition) is 6. The van der Waals surface area contributed by atoms with E-state index in [1.54, 1.807) is 18.2 Å². The zero-order chi connectivity index (χ0) is 28.4. The van der Waals surface area contributed by atoms with Gasteiger partial charge in [-0.3, -0.25) is 19.7 Å². The number of nitrogens with one attached hydrogen (secondary N) is 1. The molecule has 0 bridgehead atoms. The number of halogens is 1. The Bertz CT molecular complexity index is 1290. The number of carbonyl (C=O) groups is 2. The van der Waals surface area contributed by atoms with Crippen molar-refractivity contribution in [2.45, 2.75) is 32.9 Å². The van der Waals surface area contributed by atoms with Gasteiger partial charge in [0.2, 0.25) is 11.7 Å². The number of methoxy groups -OCH3 is 1. The van der Waals surface area contributed by atoms with Crippen LogP contribution in [0.5, 0.6) is 11.5 Å². The van der Waals surface area contributed by atoms with Gasteiger partial charge >= 0.3 is 5.69 Å². The number of nitro groups is 1. The Hall–Kier alpha value is -4.47. The maximum absolute atomic E-state index is 14.7. The molecule has 0 saturated carbocycles. The largest absolute Gasteiger partial charge is 0.490 e. The van der Waals surface area contributed by atoms with Crippen LogP contribution >= 0.6 is 0 Å². The summed E-state index contributed by atoms with van der Waals surface area (Å²) >= 11 is 0. The lowest BCUT2D eigenvalue weighted by Crippen LogP contribution is -2.52. The van der Waals surface area contributed by atoms with Crippen LogP contribution in [0.3, 0.4) is 0 Å². The second-order valence-electron chi connectivity index (χ2n) is 9.34. The maximum atomic E-state index is 14.7. The Morgan fingerprint density at radius 1 is 1.05 bits per heavy atom. The smallest absolute Gasteiger partial charge is 0.311 e. The summed E-state index contributed by atoms with van der Waals surface area (Å²) in [5.74, 6) is -1.10. The standard InChI is InChI=1S/C29H32FN3O6/c1-20(2)17-31-29(35)26(15-21-9-5-4-6-10-21)32(18-22-11-7-8-12-24(22)30)28(34)19-39-23-13-14-25(33(36)37)27(16-23)38-3/h4-14,16,20,26H,15,17-19H2,1-3H3,(H,31,35)/t26-/m0/s1. The van der Waals surface area contributed by atoms with Crippen molar-refractivity contribution in [3.05, 3.63) is 99.9 Å². The number of ether oxygens (including phenoxy) is 2. The summed E-state index contributed by atoms with van der Waals surface area (Å²) in [7, 11) is 1.29. The fourth-order valence-electron chi connectivity index (χ4n) is 3.91. The highest BCUT2D eigenvalue weighted by molar-refractivity contribution is 5.88. The van der Waals surface area contributed by atoms with Gasteiger partial charge in [0.1, 0.15) is 17.6 Å². The van der Waals surface area contributed by atoms with Crippen LogP contribution in [0, 0.1) is 21.8 Å². The third-order valence-electron chi connectivity index (χ3n) is 5.96. The van der Waals surface area contributed by atoms with Crippen LogP contribution in [0.25, 0.3) is 0 Å². The fraction of sp³-hybridized carbons (Fsp3) is 0.310. The lowest BCUT2D eigenvalue weighted by molar-refractivity contribution is -0.385. The molecule has 0 aliphatic carbocycles. The number of nitrogens with zero attached hydrogens (tertiary/aromatic N) is 2. The fourth-order valence-corrected chi connectivity index (χ4v) is 3.91. The molecule has 0 spiro atoms. The van der Waals surface area contributed by atoms with Gasteiger partial charge in [-0.25, -0.2) is 4.39 Å². The Morgan fingerprint density at radius 3 is 2.38 bits per heavy atom. The normalized spacial score (nSPS) is 11.5. The second kappa shape index (κ2) is 13.9. The molecule has 10 heteroatoms. The first-order valence-electron chi connectivity index (χ1n) is 12.5. The third-order valence-corrected chi connectivity index (χ3v) is 5.96. The van der Waals surface area contributed by atoms with Crippen molar-refractivity contribution in [2.75, 3.05) is 20.3 Å². The average Bonchev–Trinajstić information content (AvgIpc) is 2.93. The molecule has 0 heterocycles. The van der Waals surface area contributed by atoms with E-state index in [1.807, 2.05) is 44.2 Å². The predicted octanol–water partition coefficient (Wildman–Crippen LogP) is 4.53. The zero-order valence-electron chi connectivity index (χ0n) is 22.1. The third kappa shape index (κ3) is 8.26. The highest BCUT2D eigenvalue weighted by Gasteiger charge is 2.31. The van der Waals surface area contributed by atoms with Gasteiger partial charge in [0, 0.05) is 37.2 Å². The van der Waals surface area contributed by atoms with E-state index in [1.165, 1.54) is 36.3 Å². The van der Waals surface area contributed by atoms with Gasteiger partial charge in [-0.15, -0.1) is 0 Å². The molecule has 0 unspecified atom stereocenters. The number of benzene rings is 3. The molecule has 9 nitrogen and oxygen atoms in total. The van der Waals surface area contributed by atoms with Crippen molar-refractivity contribution in [1.82, 2.24) is 10.2 Å². The summed E-state index contributed by atoms with van der Waals surface area (Å²) in [6.45, 7) is 3.68. The van der Waals surface area contributed by atoms with E-state index < -0.39 is 29.3 Å². The Labute approximate surface area is 226 Å². The van der Waals surface area contributed by atoms with Crippen LogP contribution in [0.2, 0.25) is 0 Å². The van der Waals surface area contributed by atoms with Crippen LogP contribution in [0.1, 0.15) is 25.0 Å². The Balaban J connectivity index is 1.92. The molecule has 39 heavy (non-hydrogen) atoms. The van der Waals surface area contributed by atoms with E-state index >= 15 is 0 Å². The van der Waals surface area contributed by atoms with Crippen molar-refractivity contribution in [1.29, 1.82) is 0 Å². The van der Waals surface area contributed by atoms with Gasteiger partial charge in [0.25, 0.3) is 5.91 Å². The summed E-state index contributed by atoms with van der Waals surface area (Å²) in [6.07, 6.45) is 0.205. The molecule has 0 aliphatic heterocycles. The molecule has 0 fully saturated rings. The van der Waals surface area contributed by atoms with Gasteiger partial charge in [-0.1, -0.05) is 62.4 Å². The van der Waals surface area contributed by atoms with Crippen LogP contribution in [-0.4, -0.2) is 47.9 Å². The lowest BCUT2D eigenvalue weighted by Gasteiger charge is -2.31. The molecule has 0 radical (unpaired) electrons. The van der Waals surface area contributed by atoms with Gasteiger partial charge < -0.3 is 19.7 Å². The van der Waals surface area contributed by atoms with E-state index in [0.717, 1.165) is 5.56 Å². The van der Waals surface area contributed by atoms with E-state index in [-0.39, 0.29) is 47.5 Å². The molecule has 3 rings (SSSR count). The highest BCUT2D eigenvalue weighted by atomic mass is 19.1. The summed E-state index contributed by atoms with van der Waals surface area (Å²) in [6, 6.07) is 18.2. The zero-order valence-corrected chi connectivity index (χ0v) is 22.1. The summed E-state index contributed by atoms with van der Waals surface area (Å²) < 4.78 is 25.4. The van der Waals surface area contributed by atoms with Crippen molar-refractivity contribution < 1.29 is 28.4 Å². The first-order valence-corrected chi connectivity index (χ1v) is 12.5. The van der Waals surface area contributed by atoms with Crippen LogP contribution < -0.4 is 14.8 Å². The first kappa shape index (κ1) is 29.1. The molecular formula is C29H32FN3O6. The predicted molar refractivity (Wildman–Crippen MR) is 144 cm³/mol. The minimum Gasteiger partial charge on any atom is -0.490 e. The minimum absolute atomic E-state index is 0.0248. The molecular weight excluding hydrogens is 505 g/mol. The molecule has 2 amide bonds. The quantitative estimate of drug-likeness (QED) is 0.253. The summed E-state index contributed by atoms with van der Waals surface area (Å²) in [5, 5.41) is 14.1. The molecule has 3 aromatic rings. The number of amides is 2. The van der Waals surface area contributed by atoms with E-state index in [0.29, 0.717) is 6.54 Å². The maximum Gasteiger partial charge on any atom is 0.311 e. The molecule has 0 aliphatic rings. The monoisotopic (exact) mass is 537 g/mol. The van der Waals surface area contributed by atoms with Crippen LogP contribution in [-0.2, 0) is 22.6 Å². The topological polar surface area (TPSA) is 111 Å². The average molecular weight is 538 g/mol. The second-order valence-corrected chi connectivity index (χ2v) is 9.34. The molecule has 0 saturated heterocycles. The van der Waals surface area contributed by atoms with Gasteiger partial charge in [0.15, 0.2) is 6.61 Å². The molecule has 0 aromatic heterocycles. The Morgan fingerprint density at radius 2 is 1.74 bits per heavy atom. The van der Waals surface area contributed by atoms with Crippen molar-refractivity contribution in [3.63, 3.8) is 0 Å². The first-order chi connectivity index (χ1) is 18.7. The summed E-state index contributed by atoms with van der Waals surface area (Å²) in [4.78, 5) is 38.9. The molecule has 3 aromatic carbocycles. The Kier molecular flexibility index (Phi) is 10.4. The van der Waals surface area contributed by atoms with Crippen molar-refractivity contribution in [2.24, 2.45) is 5.92 Å². The molecule has 206 valence electrons. The van der Waals surface area contributed by atoms with Gasteiger partial charge in [-0.2, -0.15) is 0 Å². The van der Waals surface area contributed by atoms with E-state index in [2.05, 4.69) is 5.32 Å². The minimum atomic E-state index is -0.951. The molecule has 1 atom stereocenters. The van der Waals surface area contributed by atoms with Crippen LogP contribution in [0.4, 0.5) is 10.1 Å². The van der Waals surface area contributed by atoms with Crippen molar-refractivity contribution in [3.8, 4) is 11.5 Å². The van der Waals surface area contributed by atoms with Gasteiger partial charge in [0.05, 0.1) is 12.0 Å². The van der Waals surface area contributed by atoms with Crippen molar-refractivity contribution >= 4 is 17.5 Å². The van der Waals surface area contributed by atoms with Crippen LogP contribution in [0.15, 0.2) is 72.8 Å². The lowest BCUT2D eigenvalue weighted by atomic mass is 10.0. The number of carbonyl (C=O) groups excluding carboxylic acids is 2. The number of rotatable bonds is 13. The van der Waals surface area contributed by atoms with E-state index in [4.69, 9.17) is 9.47 Å². The summed E-state index contributed by atoms with van der Waals surface area (Å²) in [5.41, 5.74) is 0.828. The highest BCUT2D eigenvalue weighted by Crippen LogP contribution is 2.31. The van der Waals surface area contributed by atoms with Gasteiger partial charge in [-0.05, 0) is 23.6 Å². The SMILES string of the molecule is COc1cc(OCC(=O)N(Cc2ccccc2F)[C@@H](Cc2ccccc2)C(=O)NCC(C)C)ccc1[N+](=O)[O-]. The number of nitro benzene ring substituents is 1.